The highest BCUT2D eigenvalue weighted by Crippen LogP contribution is 2.51. The monoisotopic (exact) mass is 282 g/mol. The van der Waals surface area contributed by atoms with Crippen LogP contribution in [-0.2, 0) is 0 Å². The van der Waals surface area contributed by atoms with E-state index in [1.54, 1.807) is 6.20 Å². The van der Waals surface area contributed by atoms with Crippen molar-refractivity contribution in [3.63, 3.8) is 0 Å². The fourth-order valence-corrected chi connectivity index (χ4v) is 3.56. The lowest BCUT2D eigenvalue weighted by molar-refractivity contribution is 0.311. The Morgan fingerprint density at radius 2 is 2.10 bits per heavy atom. The summed E-state index contributed by atoms with van der Waals surface area (Å²) in [5.41, 5.74) is 2.95. The minimum absolute atomic E-state index is 0.0787. The first kappa shape index (κ1) is 12.6. The van der Waals surface area contributed by atoms with E-state index >= 15 is 0 Å². The maximum absolute atomic E-state index is 8.88. The van der Waals surface area contributed by atoms with Crippen LogP contribution in [0.5, 0.6) is 0 Å². The van der Waals surface area contributed by atoms with Crippen LogP contribution in [0.25, 0.3) is 0 Å². The summed E-state index contributed by atoms with van der Waals surface area (Å²) >= 11 is 0. The number of fused-ring (bicyclic) bond motifs is 5. The van der Waals surface area contributed by atoms with Gasteiger partial charge in [0.15, 0.2) is 0 Å². The molecule has 2 aliphatic rings. The molecule has 1 aliphatic carbocycles. The standard InChI is InChI=1S/C16H18N4O/c21-8-7-18-16-17-6-5-15(19-16)20-10-11-9-14(20)13-4-2-1-3-12(11)13/h1-6,11,14,21H,7-10H2,(H,17,18,19)/t11-,14+/m1/s1. The van der Waals surface area contributed by atoms with Crippen LogP contribution < -0.4 is 10.2 Å². The average molecular weight is 282 g/mol. The van der Waals surface area contributed by atoms with E-state index in [4.69, 9.17) is 5.11 Å². The lowest BCUT2D eigenvalue weighted by Crippen LogP contribution is -2.28. The van der Waals surface area contributed by atoms with Gasteiger partial charge in [-0.1, -0.05) is 24.3 Å². The first-order valence-corrected chi connectivity index (χ1v) is 7.40. The number of aliphatic hydroxyl groups is 1. The number of aliphatic hydroxyl groups excluding tert-OH is 1. The third-order valence-electron chi connectivity index (χ3n) is 4.43. The van der Waals surface area contributed by atoms with Gasteiger partial charge in [0.25, 0.3) is 0 Å². The van der Waals surface area contributed by atoms with Gasteiger partial charge in [0.2, 0.25) is 5.95 Å². The van der Waals surface area contributed by atoms with Crippen molar-refractivity contribution in [2.45, 2.75) is 18.4 Å². The second kappa shape index (κ2) is 5.00. The smallest absolute Gasteiger partial charge is 0.224 e. The molecule has 2 aromatic rings. The van der Waals surface area contributed by atoms with Crippen LogP contribution in [0.2, 0.25) is 0 Å². The van der Waals surface area contributed by atoms with E-state index in [-0.39, 0.29) is 6.61 Å². The lowest BCUT2D eigenvalue weighted by Gasteiger charge is -2.30. The number of aromatic nitrogens is 2. The van der Waals surface area contributed by atoms with Crippen LogP contribution >= 0.6 is 0 Å². The minimum atomic E-state index is 0.0787. The van der Waals surface area contributed by atoms with Crippen LogP contribution in [0, 0.1) is 0 Å². The molecule has 108 valence electrons. The van der Waals surface area contributed by atoms with Gasteiger partial charge in [-0.3, -0.25) is 0 Å². The molecule has 1 aromatic carbocycles. The summed E-state index contributed by atoms with van der Waals surface area (Å²) < 4.78 is 0. The molecule has 1 fully saturated rings. The second-order valence-electron chi connectivity index (χ2n) is 5.62. The van der Waals surface area contributed by atoms with Crippen molar-refractivity contribution in [2.24, 2.45) is 0 Å². The largest absolute Gasteiger partial charge is 0.395 e. The Balaban J connectivity index is 1.62. The summed E-state index contributed by atoms with van der Waals surface area (Å²) in [6.07, 6.45) is 2.96. The minimum Gasteiger partial charge on any atom is -0.395 e. The molecule has 5 heteroatoms. The van der Waals surface area contributed by atoms with Gasteiger partial charge >= 0.3 is 0 Å². The molecule has 1 aliphatic heterocycles. The highest BCUT2D eigenvalue weighted by molar-refractivity contribution is 5.54. The molecule has 0 spiro atoms. The number of nitrogens with zero attached hydrogens (tertiary/aromatic N) is 3. The maximum atomic E-state index is 8.88. The first-order chi connectivity index (χ1) is 10.4. The molecule has 2 atom stereocenters. The number of anilines is 2. The number of hydrogen-bond donors (Lipinski definition) is 2. The molecule has 4 rings (SSSR count). The van der Waals surface area contributed by atoms with Crippen LogP contribution in [0.4, 0.5) is 11.8 Å². The number of hydrogen-bond acceptors (Lipinski definition) is 5. The molecule has 1 saturated heterocycles. The molecule has 5 nitrogen and oxygen atoms in total. The van der Waals surface area contributed by atoms with Gasteiger partial charge in [-0.05, 0) is 23.6 Å². The Morgan fingerprint density at radius 1 is 1.24 bits per heavy atom. The zero-order valence-electron chi connectivity index (χ0n) is 11.7. The molecule has 0 amide bonds. The van der Waals surface area contributed by atoms with Gasteiger partial charge in [0.1, 0.15) is 5.82 Å². The molecule has 0 unspecified atom stereocenters. The van der Waals surface area contributed by atoms with E-state index < -0.39 is 0 Å². The number of rotatable bonds is 4. The fourth-order valence-electron chi connectivity index (χ4n) is 3.56. The van der Waals surface area contributed by atoms with Gasteiger partial charge in [-0.25, -0.2) is 4.98 Å². The zero-order chi connectivity index (χ0) is 14.2. The molecule has 21 heavy (non-hydrogen) atoms. The summed E-state index contributed by atoms with van der Waals surface area (Å²) in [5, 5.41) is 11.9. The van der Waals surface area contributed by atoms with E-state index in [1.807, 2.05) is 6.07 Å². The van der Waals surface area contributed by atoms with E-state index in [1.165, 1.54) is 17.5 Å². The zero-order valence-corrected chi connectivity index (χ0v) is 11.7. The molecule has 0 radical (unpaired) electrons. The Hall–Kier alpha value is -2.14. The van der Waals surface area contributed by atoms with E-state index in [0.29, 0.717) is 24.5 Å². The van der Waals surface area contributed by atoms with Crippen molar-refractivity contribution in [1.29, 1.82) is 0 Å². The SMILES string of the molecule is OCCNc1nccc(N2C[C@H]3C[C@H]2c2ccccc23)n1. The van der Waals surface area contributed by atoms with Crippen LogP contribution in [-0.4, -0.2) is 34.8 Å². The average Bonchev–Trinajstić information content (AvgIpc) is 3.13. The Labute approximate surface area is 123 Å². The Kier molecular flexibility index (Phi) is 3.00. The molecule has 2 heterocycles. The fraction of sp³-hybridized carbons (Fsp3) is 0.375. The predicted molar refractivity (Wildman–Crippen MR) is 81.5 cm³/mol. The summed E-state index contributed by atoms with van der Waals surface area (Å²) in [6.45, 7) is 1.58. The van der Waals surface area contributed by atoms with Crippen molar-refractivity contribution in [1.82, 2.24) is 9.97 Å². The highest BCUT2D eigenvalue weighted by Gasteiger charge is 2.42. The van der Waals surface area contributed by atoms with Crippen molar-refractivity contribution in [2.75, 3.05) is 29.9 Å². The Bertz CT molecular complexity index is 660. The van der Waals surface area contributed by atoms with Gasteiger partial charge < -0.3 is 15.3 Å². The van der Waals surface area contributed by atoms with Crippen molar-refractivity contribution in [3.05, 3.63) is 47.7 Å². The van der Waals surface area contributed by atoms with Gasteiger partial charge in [-0.15, -0.1) is 0 Å². The van der Waals surface area contributed by atoms with E-state index in [9.17, 15) is 0 Å². The third-order valence-corrected chi connectivity index (χ3v) is 4.43. The molecule has 2 bridgehead atoms. The summed E-state index contributed by atoms with van der Waals surface area (Å²) in [4.78, 5) is 11.1. The Morgan fingerprint density at radius 3 is 2.95 bits per heavy atom. The topological polar surface area (TPSA) is 61.3 Å². The summed E-state index contributed by atoms with van der Waals surface area (Å²) in [7, 11) is 0. The second-order valence-corrected chi connectivity index (χ2v) is 5.62. The summed E-state index contributed by atoms with van der Waals surface area (Å²) in [6, 6.07) is 11.1. The third kappa shape index (κ3) is 2.05. The normalized spacial score (nSPS) is 22.4. The number of nitrogens with one attached hydrogen (secondary N) is 1. The van der Waals surface area contributed by atoms with Crippen LogP contribution in [0.1, 0.15) is 29.5 Å². The highest BCUT2D eigenvalue weighted by atomic mass is 16.3. The predicted octanol–water partition coefficient (Wildman–Crippen LogP) is 1.93. The van der Waals surface area contributed by atoms with Crippen molar-refractivity contribution >= 4 is 11.8 Å². The van der Waals surface area contributed by atoms with E-state index in [2.05, 4.69) is 44.5 Å². The molecule has 1 aromatic heterocycles. The lowest BCUT2D eigenvalue weighted by atomic mass is 9.99. The van der Waals surface area contributed by atoms with E-state index in [0.717, 1.165) is 12.4 Å². The maximum Gasteiger partial charge on any atom is 0.224 e. The molecule has 0 saturated carbocycles. The van der Waals surface area contributed by atoms with Gasteiger partial charge in [0.05, 0.1) is 12.6 Å². The van der Waals surface area contributed by atoms with Crippen LogP contribution in [0.15, 0.2) is 36.5 Å². The van der Waals surface area contributed by atoms with Crippen molar-refractivity contribution in [3.8, 4) is 0 Å². The van der Waals surface area contributed by atoms with Gasteiger partial charge in [-0.2, -0.15) is 4.98 Å². The molecular formula is C16H18N4O. The van der Waals surface area contributed by atoms with Crippen molar-refractivity contribution < 1.29 is 5.11 Å². The first-order valence-electron chi connectivity index (χ1n) is 7.40. The van der Waals surface area contributed by atoms with Crippen LogP contribution in [0.3, 0.4) is 0 Å². The molecular weight excluding hydrogens is 264 g/mol. The van der Waals surface area contributed by atoms with Gasteiger partial charge in [0, 0.05) is 25.2 Å². The number of benzene rings is 1. The quantitative estimate of drug-likeness (QED) is 0.897. The molecule has 2 N–H and O–H groups in total. The summed E-state index contributed by atoms with van der Waals surface area (Å²) in [5.74, 6) is 2.17.